The van der Waals surface area contributed by atoms with Crippen molar-refractivity contribution in [2.45, 2.75) is 13.3 Å². The van der Waals surface area contributed by atoms with E-state index in [0.29, 0.717) is 28.7 Å². The van der Waals surface area contributed by atoms with Crippen molar-refractivity contribution >= 4 is 27.5 Å². The summed E-state index contributed by atoms with van der Waals surface area (Å²) in [4.78, 5) is 11.8. The zero-order valence-corrected chi connectivity index (χ0v) is 11.1. The SMILES string of the molecule is CC(CCN)C(=O)Nc1ccc(C#N)cc1Br. The standard InChI is InChI=1S/C12H14BrN3O/c1-8(4-5-14)12(17)16-11-3-2-9(7-15)6-10(11)13/h2-3,6,8H,4-5,14H2,1H3,(H,16,17). The Morgan fingerprint density at radius 3 is 2.88 bits per heavy atom. The fourth-order valence-corrected chi connectivity index (χ4v) is 1.80. The van der Waals surface area contributed by atoms with E-state index < -0.39 is 0 Å². The van der Waals surface area contributed by atoms with Gasteiger partial charge in [0.2, 0.25) is 5.91 Å². The molecule has 0 saturated heterocycles. The second kappa shape index (κ2) is 6.38. The minimum absolute atomic E-state index is 0.0687. The highest BCUT2D eigenvalue weighted by Gasteiger charge is 2.13. The molecule has 1 unspecified atom stereocenters. The molecule has 1 aromatic rings. The second-order valence-electron chi connectivity index (χ2n) is 3.77. The molecule has 90 valence electrons. The molecule has 0 heterocycles. The summed E-state index contributed by atoms with van der Waals surface area (Å²) >= 11 is 3.31. The first-order chi connectivity index (χ1) is 8.08. The number of nitrogens with zero attached hydrogens (tertiary/aromatic N) is 1. The average molecular weight is 296 g/mol. The van der Waals surface area contributed by atoms with Crippen molar-refractivity contribution in [3.8, 4) is 6.07 Å². The third kappa shape index (κ3) is 3.84. The number of amides is 1. The molecule has 17 heavy (non-hydrogen) atoms. The number of nitrogens with one attached hydrogen (secondary N) is 1. The number of rotatable bonds is 4. The number of nitriles is 1. The smallest absolute Gasteiger partial charge is 0.227 e. The lowest BCUT2D eigenvalue weighted by Gasteiger charge is -2.12. The Hall–Kier alpha value is -1.38. The minimum atomic E-state index is -0.123. The molecule has 0 aliphatic carbocycles. The summed E-state index contributed by atoms with van der Waals surface area (Å²) in [6, 6.07) is 7.07. The molecule has 0 aromatic heterocycles. The van der Waals surface area contributed by atoms with E-state index in [9.17, 15) is 4.79 Å². The van der Waals surface area contributed by atoms with Crippen molar-refractivity contribution in [2.75, 3.05) is 11.9 Å². The van der Waals surface area contributed by atoms with Crippen molar-refractivity contribution in [2.24, 2.45) is 11.7 Å². The van der Waals surface area contributed by atoms with Gasteiger partial charge in [-0.25, -0.2) is 0 Å². The first-order valence-electron chi connectivity index (χ1n) is 5.29. The Balaban J connectivity index is 2.76. The van der Waals surface area contributed by atoms with E-state index in [2.05, 4.69) is 21.2 Å². The van der Waals surface area contributed by atoms with E-state index >= 15 is 0 Å². The first-order valence-corrected chi connectivity index (χ1v) is 6.08. The van der Waals surface area contributed by atoms with Gasteiger partial charge in [-0.05, 0) is 47.1 Å². The van der Waals surface area contributed by atoms with Crippen LogP contribution in [0.4, 0.5) is 5.69 Å². The maximum absolute atomic E-state index is 11.8. The van der Waals surface area contributed by atoms with E-state index in [1.54, 1.807) is 18.2 Å². The van der Waals surface area contributed by atoms with Gasteiger partial charge in [-0.2, -0.15) is 5.26 Å². The maximum atomic E-state index is 11.8. The van der Waals surface area contributed by atoms with Gasteiger partial charge < -0.3 is 11.1 Å². The molecule has 0 radical (unpaired) electrons. The summed E-state index contributed by atoms with van der Waals surface area (Å²) in [7, 11) is 0. The maximum Gasteiger partial charge on any atom is 0.227 e. The number of hydrogen-bond donors (Lipinski definition) is 2. The molecule has 0 aliphatic heterocycles. The van der Waals surface area contributed by atoms with Crippen LogP contribution in [0.5, 0.6) is 0 Å². The molecule has 0 aliphatic rings. The summed E-state index contributed by atoms with van der Waals surface area (Å²) in [5.74, 6) is -0.191. The van der Waals surface area contributed by atoms with Gasteiger partial charge in [0, 0.05) is 10.4 Å². The first kappa shape index (κ1) is 13.7. The molecule has 3 N–H and O–H groups in total. The van der Waals surface area contributed by atoms with Gasteiger partial charge in [0.05, 0.1) is 17.3 Å². The normalized spacial score (nSPS) is 11.6. The van der Waals surface area contributed by atoms with Crippen molar-refractivity contribution in [3.05, 3.63) is 28.2 Å². The number of hydrogen-bond acceptors (Lipinski definition) is 3. The van der Waals surface area contributed by atoms with E-state index in [1.165, 1.54) is 0 Å². The highest BCUT2D eigenvalue weighted by atomic mass is 79.9. The molecule has 1 atom stereocenters. The number of halogens is 1. The summed E-state index contributed by atoms with van der Waals surface area (Å²) in [5.41, 5.74) is 6.61. The molecular weight excluding hydrogens is 282 g/mol. The van der Waals surface area contributed by atoms with Crippen LogP contribution in [0.2, 0.25) is 0 Å². The van der Waals surface area contributed by atoms with Crippen LogP contribution in [-0.2, 0) is 4.79 Å². The van der Waals surface area contributed by atoms with Gasteiger partial charge in [0.25, 0.3) is 0 Å². The zero-order valence-electron chi connectivity index (χ0n) is 9.53. The topological polar surface area (TPSA) is 78.9 Å². The van der Waals surface area contributed by atoms with Gasteiger partial charge in [0.1, 0.15) is 0 Å². The largest absolute Gasteiger partial charge is 0.330 e. The predicted molar refractivity (Wildman–Crippen MR) is 70.3 cm³/mol. The highest BCUT2D eigenvalue weighted by molar-refractivity contribution is 9.10. The summed E-state index contributed by atoms with van der Waals surface area (Å²) in [6.07, 6.45) is 0.653. The van der Waals surface area contributed by atoms with Gasteiger partial charge in [-0.1, -0.05) is 6.92 Å². The average Bonchev–Trinajstić information content (AvgIpc) is 2.31. The van der Waals surface area contributed by atoms with Crippen LogP contribution in [0.25, 0.3) is 0 Å². The number of anilines is 1. The zero-order chi connectivity index (χ0) is 12.8. The molecule has 0 saturated carbocycles. The molecular formula is C12H14BrN3O. The van der Waals surface area contributed by atoms with Gasteiger partial charge in [-0.3, -0.25) is 4.79 Å². The number of carbonyl (C=O) groups excluding carboxylic acids is 1. The van der Waals surface area contributed by atoms with Crippen LogP contribution in [0.3, 0.4) is 0 Å². The molecule has 0 bridgehead atoms. The Bertz CT molecular complexity index is 454. The van der Waals surface area contributed by atoms with Crippen molar-refractivity contribution in [1.82, 2.24) is 0 Å². The highest BCUT2D eigenvalue weighted by Crippen LogP contribution is 2.24. The Morgan fingerprint density at radius 1 is 1.65 bits per heavy atom. The van der Waals surface area contributed by atoms with Crippen LogP contribution < -0.4 is 11.1 Å². The fraction of sp³-hybridized carbons (Fsp3) is 0.333. The number of carbonyl (C=O) groups is 1. The molecule has 5 heteroatoms. The van der Waals surface area contributed by atoms with Crippen molar-refractivity contribution < 1.29 is 4.79 Å². The second-order valence-corrected chi connectivity index (χ2v) is 4.63. The van der Waals surface area contributed by atoms with Crippen LogP contribution in [-0.4, -0.2) is 12.5 Å². The summed E-state index contributed by atoms with van der Waals surface area (Å²) in [6.45, 7) is 2.32. The molecule has 1 rings (SSSR count). The van der Waals surface area contributed by atoms with Gasteiger partial charge in [-0.15, -0.1) is 0 Å². The summed E-state index contributed by atoms with van der Waals surface area (Å²) in [5, 5.41) is 11.5. The van der Waals surface area contributed by atoms with Crippen molar-refractivity contribution in [1.29, 1.82) is 5.26 Å². The van der Waals surface area contributed by atoms with E-state index in [4.69, 9.17) is 11.0 Å². The molecule has 0 spiro atoms. The Labute approximate surface area is 109 Å². The molecule has 1 aromatic carbocycles. The lowest BCUT2D eigenvalue weighted by molar-refractivity contribution is -0.119. The number of nitrogens with two attached hydrogens (primary N) is 1. The van der Waals surface area contributed by atoms with E-state index in [-0.39, 0.29) is 11.8 Å². The van der Waals surface area contributed by atoms with Gasteiger partial charge in [0.15, 0.2) is 0 Å². The lowest BCUT2D eigenvalue weighted by Crippen LogP contribution is -2.22. The van der Waals surface area contributed by atoms with E-state index in [1.807, 2.05) is 13.0 Å². The van der Waals surface area contributed by atoms with Crippen LogP contribution in [0.1, 0.15) is 18.9 Å². The van der Waals surface area contributed by atoms with Crippen LogP contribution >= 0.6 is 15.9 Å². The molecule has 4 nitrogen and oxygen atoms in total. The molecule has 0 fully saturated rings. The monoisotopic (exact) mass is 295 g/mol. The molecule has 1 amide bonds. The lowest BCUT2D eigenvalue weighted by atomic mass is 10.1. The summed E-state index contributed by atoms with van der Waals surface area (Å²) < 4.78 is 0.699. The van der Waals surface area contributed by atoms with Crippen LogP contribution in [0, 0.1) is 17.2 Å². The Morgan fingerprint density at radius 2 is 2.35 bits per heavy atom. The third-order valence-electron chi connectivity index (χ3n) is 2.40. The minimum Gasteiger partial charge on any atom is -0.330 e. The predicted octanol–water partition coefficient (Wildman–Crippen LogP) is 2.24. The fourth-order valence-electron chi connectivity index (χ4n) is 1.32. The third-order valence-corrected chi connectivity index (χ3v) is 3.06. The Kier molecular flexibility index (Phi) is 5.13. The number of benzene rings is 1. The van der Waals surface area contributed by atoms with E-state index in [0.717, 1.165) is 0 Å². The quantitative estimate of drug-likeness (QED) is 0.894. The van der Waals surface area contributed by atoms with Crippen LogP contribution in [0.15, 0.2) is 22.7 Å². The van der Waals surface area contributed by atoms with Crippen molar-refractivity contribution in [3.63, 3.8) is 0 Å². The van der Waals surface area contributed by atoms with Gasteiger partial charge >= 0.3 is 0 Å².